The van der Waals surface area contributed by atoms with Crippen LogP contribution >= 0.6 is 0 Å². The van der Waals surface area contributed by atoms with Crippen molar-refractivity contribution in [3.63, 3.8) is 0 Å². The molecular weight excluding hydrogens is 592 g/mol. The molecule has 5 rings (SSSR count). The Labute approximate surface area is 257 Å². The number of benzene rings is 3. The van der Waals surface area contributed by atoms with Gasteiger partial charge in [-0.25, -0.2) is 4.39 Å². The average Bonchev–Trinajstić information content (AvgIpc) is 3.02. The van der Waals surface area contributed by atoms with Crippen LogP contribution in [0.25, 0.3) is 11.1 Å². The average molecular weight is 623 g/mol. The van der Waals surface area contributed by atoms with Crippen molar-refractivity contribution in [2.75, 3.05) is 19.6 Å². The maximum atomic E-state index is 14.8. The molecule has 2 atom stereocenters. The van der Waals surface area contributed by atoms with Gasteiger partial charge in [-0.2, -0.15) is 5.26 Å². The highest BCUT2D eigenvalue weighted by atomic mass is 19.4. The number of carbonyl (C=O) groups is 3. The third-order valence-corrected chi connectivity index (χ3v) is 8.12. The molecule has 0 aromatic heterocycles. The zero-order chi connectivity index (χ0) is 32.1. The lowest BCUT2D eigenvalue weighted by Gasteiger charge is -2.40. The van der Waals surface area contributed by atoms with Gasteiger partial charge in [0.15, 0.2) is 0 Å². The van der Waals surface area contributed by atoms with Gasteiger partial charge in [-0.15, -0.1) is 13.2 Å². The summed E-state index contributed by atoms with van der Waals surface area (Å²) in [7, 11) is 0. The van der Waals surface area contributed by atoms with Gasteiger partial charge in [-0.05, 0) is 48.2 Å². The van der Waals surface area contributed by atoms with E-state index in [0.29, 0.717) is 24.9 Å². The fraction of sp³-hybridized carbons (Fsp3) is 0.333. The number of carbonyl (C=O) groups excluding carboxylic acids is 3. The molecule has 0 radical (unpaired) electrons. The summed E-state index contributed by atoms with van der Waals surface area (Å²) in [4.78, 5) is 40.4. The summed E-state index contributed by atoms with van der Waals surface area (Å²) in [5.74, 6) is -2.47. The minimum absolute atomic E-state index is 0.0596. The normalized spacial score (nSPS) is 18.9. The molecule has 0 unspecified atom stereocenters. The van der Waals surface area contributed by atoms with Crippen LogP contribution in [0.15, 0.2) is 66.7 Å². The highest BCUT2D eigenvalue weighted by Crippen LogP contribution is 2.34. The quantitative estimate of drug-likeness (QED) is 0.271. The lowest BCUT2D eigenvalue weighted by molar-refractivity contribution is -0.274. The summed E-state index contributed by atoms with van der Waals surface area (Å²) in [5.41, 5.74) is 1.58. The van der Waals surface area contributed by atoms with E-state index in [2.05, 4.69) is 10.1 Å². The summed E-state index contributed by atoms with van der Waals surface area (Å²) in [6.45, 7) is 0.182. The van der Waals surface area contributed by atoms with Gasteiger partial charge in [0, 0.05) is 55.6 Å². The van der Waals surface area contributed by atoms with E-state index in [1.165, 1.54) is 24.3 Å². The van der Waals surface area contributed by atoms with E-state index in [0.717, 1.165) is 22.6 Å². The fourth-order valence-corrected chi connectivity index (χ4v) is 5.84. The van der Waals surface area contributed by atoms with Crippen LogP contribution in [0.4, 0.5) is 17.6 Å². The number of hydrogen-bond donors (Lipinski definition) is 1. The molecule has 45 heavy (non-hydrogen) atoms. The number of rotatable bonds is 8. The SMILES string of the molecule is N#Cc1ccc(-c2ccc(OC(F)(F)F)c(CN[C@H]3CCN(C(=O)CN4C(=O)CCCC4=O)C[C@H]3c3ccccc3)c2)c(F)c1. The Hall–Kier alpha value is -4.76. The number of nitriles is 1. The number of likely N-dealkylation sites (tertiary alicyclic amines) is 2. The van der Waals surface area contributed by atoms with E-state index in [1.54, 1.807) is 4.90 Å². The molecule has 2 aliphatic heterocycles. The number of halogens is 4. The molecule has 12 heteroatoms. The van der Waals surface area contributed by atoms with Crippen molar-refractivity contribution in [3.8, 4) is 22.9 Å². The molecule has 2 heterocycles. The Morgan fingerprint density at radius 3 is 2.42 bits per heavy atom. The fourth-order valence-electron chi connectivity index (χ4n) is 5.84. The van der Waals surface area contributed by atoms with E-state index in [-0.39, 0.29) is 78.8 Å². The van der Waals surface area contributed by atoms with Gasteiger partial charge in [0.05, 0.1) is 11.6 Å². The van der Waals surface area contributed by atoms with Crippen molar-refractivity contribution in [2.24, 2.45) is 0 Å². The summed E-state index contributed by atoms with van der Waals surface area (Å²) in [5, 5.41) is 12.4. The predicted octanol–water partition coefficient (Wildman–Crippen LogP) is 5.28. The van der Waals surface area contributed by atoms with E-state index in [9.17, 15) is 31.9 Å². The maximum Gasteiger partial charge on any atom is 0.573 e. The van der Waals surface area contributed by atoms with Crippen LogP contribution in [-0.2, 0) is 20.9 Å². The van der Waals surface area contributed by atoms with Crippen molar-refractivity contribution in [2.45, 2.75) is 50.6 Å². The first-order valence-corrected chi connectivity index (χ1v) is 14.5. The second-order valence-electron chi connectivity index (χ2n) is 11.0. The molecule has 2 fully saturated rings. The third kappa shape index (κ3) is 7.67. The van der Waals surface area contributed by atoms with E-state index >= 15 is 0 Å². The molecule has 3 aromatic rings. The zero-order valence-electron chi connectivity index (χ0n) is 24.1. The number of alkyl halides is 3. The Kier molecular flexibility index (Phi) is 9.48. The van der Waals surface area contributed by atoms with Gasteiger partial charge in [0.1, 0.15) is 18.1 Å². The number of hydrogen-bond acceptors (Lipinski definition) is 6. The van der Waals surface area contributed by atoms with E-state index in [4.69, 9.17) is 5.26 Å². The Bertz CT molecular complexity index is 1610. The van der Waals surface area contributed by atoms with Crippen molar-refractivity contribution in [1.82, 2.24) is 15.1 Å². The highest BCUT2D eigenvalue weighted by Gasteiger charge is 2.36. The Morgan fingerprint density at radius 2 is 1.76 bits per heavy atom. The molecule has 1 N–H and O–H groups in total. The van der Waals surface area contributed by atoms with Crippen molar-refractivity contribution in [1.29, 1.82) is 5.26 Å². The molecule has 0 aliphatic carbocycles. The predicted molar refractivity (Wildman–Crippen MR) is 155 cm³/mol. The molecule has 3 aromatic carbocycles. The van der Waals surface area contributed by atoms with Crippen LogP contribution < -0.4 is 10.1 Å². The van der Waals surface area contributed by atoms with Gasteiger partial charge in [0.25, 0.3) is 0 Å². The minimum Gasteiger partial charge on any atom is -0.405 e. The number of ether oxygens (including phenoxy) is 1. The second kappa shape index (κ2) is 13.5. The number of amides is 3. The molecular formula is C33H30F4N4O4. The zero-order valence-corrected chi connectivity index (χ0v) is 24.1. The first-order chi connectivity index (χ1) is 21.5. The number of nitrogens with one attached hydrogen (secondary N) is 1. The van der Waals surface area contributed by atoms with Gasteiger partial charge < -0.3 is 15.0 Å². The Balaban J connectivity index is 1.37. The van der Waals surface area contributed by atoms with Crippen LogP contribution in [0, 0.1) is 17.1 Å². The van der Waals surface area contributed by atoms with Crippen LogP contribution in [0.3, 0.4) is 0 Å². The Morgan fingerprint density at radius 1 is 1.02 bits per heavy atom. The highest BCUT2D eigenvalue weighted by molar-refractivity contribution is 6.00. The van der Waals surface area contributed by atoms with E-state index < -0.39 is 17.9 Å². The summed E-state index contributed by atoms with van der Waals surface area (Å²) >= 11 is 0. The minimum atomic E-state index is -4.95. The van der Waals surface area contributed by atoms with Gasteiger partial charge in [-0.3, -0.25) is 19.3 Å². The molecule has 0 spiro atoms. The second-order valence-corrected chi connectivity index (χ2v) is 11.0. The van der Waals surface area contributed by atoms with Crippen LogP contribution in [0.1, 0.15) is 48.3 Å². The van der Waals surface area contributed by atoms with Crippen molar-refractivity contribution in [3.05, 3.63) is 89.2 Å². The van der Waals surface area contributed by atoms with Crippen LogP contribution in [-0.4, -0.2) is 59.6 Å². The topological polar surface area (TPSA) is 103 Å². The van der Waals surface area contributed by atoms with Crippen LogP contribution in [0.5, 0.6) is 5.75 Å². The molecule has 0 saturated carbocycles. The van der Waals surface area contributed by atoms with E-state index in [1.807, 2.05) is 36.4 Å². The lowest BCUT2D eigenvalue weighted by atomic mass is 9.85. The van der Waals surface area contributed by atoms with Gasteiger partial charge >= 0.3 is 6.36 Å². The standard InChI is InChI=1S/C33H30F4N4O4/c34-27-15-21(17-38)9-11-25(27)23-10-12-29(45-33(35,36)37)24(16-23)18-39-28-13-14-40(19-26(28)22-5-2-1-3-6-22)32(44)20-41-30(42)7-4-8-31(41)43/h1-3,5-6,9-12,15-16,26,28,39H,4,7-8,13-14,18-20H2/t26-,28-/m0/s1. The van der Waals surface area contributed by atoms with Crippen molar-refractivity contribution >= 4 is 17.7 Å². The smallest absolute Gasteiger partial charge is 0.405 e. The first-order valence-electron chi connectivity index (χ1n) is 14.5. The number of piperidine rings is 2. The summed E-state index contributed by atoms with van der Waals surface area (Å²) in [6, 6.07) is 18.7. The third-order valence-electron chi connectivity index (χ3n) is 8.12. The monoisotopic (exact) mass is 622 g/mol. The van der Waals surface area contributed by atoms with Crippen LogP contribution in [0.2, 0.25) is 0 Å². The molecule has 3 amide bonds. The molecule has 8 nitrogen and oxygen atoms in total. The summed E-state index contributed by atoms with van der Waals surface area (Å²) in [6.07, 6.45) is -3.61. The largest absolute Gasteiger partial charge is 0.573 e. The van der Waals surface area contributed by atoms with Gasteiger partial charge in [-0.1, -0.05) is 42.5 Å². The molecule has 234 valence electrons. The van der Waals surface area contributed by atoms with Crippen molar-refractivity contribution < 1.29 is 36.7 Å². The number of nitrogens with zero attached hydrogens (tertiary/aromatic N) is 3. The molecule has 2 aliphatic rings. The maximum absolute atomic E-state index is 14.8. The molecule has 0 bridgehead atoms. The molecule has 2 saturated heterocycles. The summed E-state index contributed by atoms with van der Waals surface area (Å²) < 4.78 is 58.9. The lowest BCUT2D eigenvalue weighted by Crippen LogP contribution is -2.53. The first kappa shape index (κ1) is 31.7. The van der Waals surface area contributed by atoms with Gasteiger partial charge in [0.2, 0.25) is 17.7 Å². The number of imide groups is 1.